The zero-order valence-electron chi connectivity index (χ0n) is 26.4. The topological polar surface area (TPSA) is 24.3 Å². The Morgan fingerprint density at radius 2 is 1.33 bits per heavy atom. The quantitative estimate of drug-likeness (QED) is 0.137. The summed E-state index contributed by atoms with van der Waals surface area (Å²) in [4.78, 5) is 4.40. The van der Waals surface area contributed by atoms with Crippen LogP contribution in [0.1, 0.15) is 28.1 Å². The molecule has 1 aromatic heterocycles. The molecule has 5 heteroatoms. The summed E-state index contributed by atoms with van der Waals surface area (Å²) in [5.41, 5.74) is 15.3. The fourth-order valence-corrected chi connectivity index (χ4v) is 6.00. The van der Waals surface area contributed by atoms with Crippen LogP contribution in [0.3, 0.4) is 0 Å². The van der Waals surface area contributed by atoms with Crippen LogP contribution in [-0.4, -0.2) is 16.8 Å². The Labute approximate surface area is 280 Å². The first-order valence-corrected chi connectivity index (χ1v) is 14.9. The SMILES string of the molecule is Cc1cc(C)n(-c2[c-]cccc2)n1.[CH2-]c1ccc(-c2c(C)cc(-c3ccccc3)cc2C)cc1N1[CH-]N(C)c2ccccc21.[Rh+3]. The van der Waals surface area contributed by atoms with Gasteiger partial charge in [0.1, 0.15) is 0 Å². The number of aryl methyl sites for hydroxylation is 4. The number of fused-ring (bicyclic) bond motifs is 1. The van der Waals surface area contributed by atoms with E-state index in [9.17, 15) is 0 Å². The normalized spacial score (nSPS) is 11.8. The number of hydrogen-bond donors (Lipinski definition) is 0. The number of nitrogens with zero attached hydrogens (tertiary/aromatic N) is 4. The van der Waals surface area contributed by atoms with Crippen molar-refractivity contribution in [3.05, 3.63) is 163 Å². The van der Waals surface area contributed by atoms with E-state index in [0.717, 1.165) is 28.3 Å². The minimum absolute atomic E-state index is 0. The Bertz CT molecular complexity index is 1890. The van der Waals surface area contributed by atoms with Crippen LogP contribution in [0.4, 0.5) is 17.1 Å². The van der Waals surface area contributed by atoms with Gasteiger partial charge < -0.3 is 9.80 Å². The smallest absolute Gasteiger partial charge is 0.526 e. The molecule has 6 aromatic rings. The molecule has 5 aromatic carbocycles. The maximum Gasteiger partial charge on any atom is 3.00 e. The molecule has 0 saturated carbocycles. The van der Waals surface area contributed by atoms with Crippen LogP contribution >= 0.6 is 0 Å². The molecule has 0 amide bonds. The molecule has 0 atom stereocenters. The molecular formula is C40H37N4Rh. The van der Waals surface area contributed by atoms with Crippen LogP contribution < -0.4 is 9.80 Å². The van der Waals surface area contributed by atoms with E-state index in [1.54, 1.807) is 0 Å². The molecule has 7 rings (SSSR count). The van der Waals surface area contributed by atoms with Crippen LogP contribution in [0.15, 0.2) is 115 Å². The van der Waals surface area contributed by atoms with E-state index in [1.807, 2.05) is 42.8 Å². The Morgan fingerprint density at radius 3 is 1.98 bits per heavy atom. The minimum Gasteiger partial charge on any atom is -0.526 e. The molecule has 0 radical (unpaired) electrons. The van der Waals surface area contributed by atoms with Gasteiger partial charge in [-0.15, -0.1) is 12.1 Å². The maximum atomic E-state index is 4.37. The van der Waals surface area contributed by atoms with Gasteiger partial charge in [0.2, 0.25) is 0 Å². The van der Waals surface area contributed by atoms with Gasteiger partial charge in [0.25, 0.3) is 0 Å². The van der Waals surface area contributed by atoms with E-state index >= 15 is 0 Å². The summed E-state index contributed by atoms with van der Waals surface area (Å²) >= 11 is 0. The van der Waals surface area contributed by atoms with Gasteiger partial charge in [-0.2, -0.15) is 54.6 Å². The third-order valence-electron chi connectivity index (χ3n) is 8.01. The molecule has 45 heavy (non-hydrogen) atoms. The molecule has 0 bridgehead atoms. The molecule has 0 spiro atoms. The summed E-state index contributed by atoms with van der Waals surface area (Å²) < 4.78 is 1.90. The van der Waals surface area contributed by atoms with Gasteiger partial charge in [0.15, 0.2) is 0 Å². The molecule has 0 N–H and O–H groups in total. The number of aromatic nitrogens is 2. The van der Waals surface area contributed by atoms with E-state index in [1.165, 1.54) is 44.8 Å². The number of para-hydroxylation sites is 3. The van der Waals surface area contributed by atoms with Crippen molar-refractivity contribution in [3.63, 3.8) is 0 Å². The third kappa shape index (κ3) is 6.60. The average molecular weight is 677 g/mol. The molecule has 0 unspecified atom stereocenters. The molecular weight excluding hydrogens is 639 g/mol. The van der Waals surface area contributed by atoms with E-state index in [0.29, 0.717) is 0 Å². The number of hydrogen-bond acceptors (Lipinski definition) is 3. The van der Waals surface area contributed by atoms with Crippen molar-refractivity contribution in [2.24, 2.45) is 0 Å². The first-order valence-electron chi connectivity index (χ1n) is 14.9. The molecule has 0 saturated heterocycles. The van der Waals surface area contributed by atoms with Crippen LogP contribution in [0, 0.1) is 47.4 Å². The largest absolute Gasteiger partial charge is 3.00 e. The van der Waals surface area contributed by atoms with Crippen molar-refractivity contribution in [1.82, 2.24) is 9.78 Å². The van der Waals surface area contributed by atoms with Crippen LogP contribution in [0.2, 0.25) is 0 Å². The van der Waals surface area contributed by atoms with E-state index in [2.05, 4.69) is 146 Å². The molecule has 1 aliphatic heterocycles. The molecule has 4 nitrogen and oxygen atoms in total. The number of rotatable bonds is 4. The second kappa shape index (κ2) is 13.6. The Balaban J connectivity index is 0.000000240. The summed E-state index contributed by atoms with van der Waals surface area (Å²) in [6, 6.07) is 43.3. The van der Waals surface area contributed by atoms with Gasteiger partial charge in [0.05, 0.1) is 5.69 Å². The van der Waals surface area contributed by atoms with Gasteiger partial charge in [-0.3, -0.25) is 4.68 Å². The van der Waals surface area contributed by atoms with Crippen LogP contribution in [-0.2, 0) is 19.5 Å². The molecule has 0 fully saturated rings. The zero-order valence-corrected chi connectivity index (χ0v) is 28.0. The van der Waals surface area contributed by atoms with E-state index < -0.39 is 0 Å². The van der Waals surface area contributed by atoms with Crippen molar-refractivity contribution in [2.75, 3.05) is 16.8 Å². The summed E-state index contributed by atoms with van der Waals surface area (Å²) in [6.07, 6.45) is 0. The molecule has 0 aliphatic carbocycles. The van der Waals surface area contributed by atoms with E-state index in [4.69, 9.17) is 0 Å². The molecule has 226 valence electrons. The fraction of sp³-hybridized carbons (Fsp3) is 0.125. The van der Waals surface area contributed by atoms with Gasteiger partial charge in [-0.05, 0) is 92.0 Å². The van der Waals surface area contributed by atoms with Crippen molar-refractivity contribution >= 4 is 17.1 Å². The molecule has 1 aliphatic rings. The second-order valence-corrected chi connectivity index (χ2v) is 11.4. The predicted octanol–water partition coefficient (Wildman–Crippen LogP) is 9.81. The van der Waals surface area contributed by atoms with Gasteiger partial charge in [-0.1, -0.05) is 66.4 Å². The Morgan fingerprint density at radius 1 is 0.667 bits per heavy atom. The van der Waals surface area contributed by atoms with Gasteiger partial charge in [-0.25, -0.2) is 0 Å². The Kier molecular flexibility index (Phi) is 9.61. The third-order valence-corrected chi connectivity index (χ3v) is 8.01. The zero-order chi connectivity index (χ0) is 30.8. The number of anilines is 3. The summed E-state index contributed by atoms with van der Waals surface area (Å²) in [6.45, 7) is 14.9. The average Bonchev–Trinajstić information content (AvgIpc) is 3.56. The fourth-order valence-electron chi connectivity index (χ4n) is 6.00. The number of benzene rings is 5. The Hall–Kier alpha value is -4.60. The van der Waals surface area contributed by atoms with Crippen LogP contribution in [0.25, 0.3) is 27.9 Å². The first-order chi connectivity index (χ1) is 21.3. The predicted molar refractivity (Wildman–Crippen MR) is 184 cm³/mol. The maximum absolute atomic E-state index is 4.37. The first kappa shape index (κ1) is 31.8. The standard InChI is InChI=1S/C29H26N2.C11H11N2.Rh/c1-20-14-15-24(18-28(20)31-19-30(4)26-12-8-9-13-27(26)31)29-21(2)16-25(17-22(29)3)23-10-6-5-7-11-23;1-9-8-10(2)13(12-9)11-6-4-3-5-7-11;/h5-19H,1H2,2-4H3;3-6,8H,1-2H3;/q-2;-1;+3. The van der Waals surface area contributed by atoms with Crippen molar-refractivity contribution < 1.29 is 19.5 Å². The second-order valence-electron chi connectivity index (χ2n) is 11.4. The summed E-state index contributed by atoms with van der Waals surface area (Å²) in [7, 11) is 2.09. The summed E-state index contributed by atoms with van der Waals surface area (Å²) in [5, 5.41) is 4.37. The monoisotopic (exact) mass is 676 g/mol. The van der Waals surface area contributed by atoms with Crippen molar-refractivity contribution in [1.29, 1.82) is 0 Å². The minimum atomic E-state index is 0. The van der Waals surface area contributed by atoms with E-state index in [-0.39, 0.29) is 19.5 Å². The molecule has 2 heterocycles. The van der Waals surface area contributed by atoms with Gasteiger partial charge >= 0.3 is 19.5 Å². The summed E-state index contributed by atoms with van der Waals surface area (Å²) in [5.74, 6) is 0. The van der Waals surface area contributed by atoms with Gasteiger partial charge in [0, 0.05) is 17.1 Å². The van der Waals surface area contributed by atoms with Crippen LogP contribution in [0.5, 0.6) is 0 Å². The van der Waals surface area contributed by atoms with Crippen molar-refractivity contribution in [3.8, 4) is 27.9 Å². The van der Waals surface area contributed by atoms with Crippen molar-refractivity contribution in [2.45, 2.75) is 27.7 Å².